The van der Waals surface area contributed by atoms with Crippen LogP contribution in [0.4, 0.5) is 15.8 Å². The molecule has 0 unspecified atom stereocenters. The number of carbonyl (C=O) groups excluding carboxylic acids is 1. The van der Waals surface area contributed by atoms with Gasteiger partial charge in [0.1, 0.15) is 24.1 Å². The zero-order chi connectivity index (χ0) is 21.3. The minimum absolute atomic E-state index is 0.0457. The molecule has 0 aliphatic carbocycles. The summed E-state index contributed by atoms with van der Waals surface area (Å²) >= 11 is 7.56. The van der Waals surface area contributed by atoms with E-state index < -0.39 is 5.82 Å². The Morgan fingerprint density at radius 2 is 2.23 bits per heavy atom. The molecule has 1 saturated heterocycles. The van der Waals surface area contributed by atoms with Crippen molar-refractivity contribution in [3.63, 3.8) is 0 Å². The molecular formula is C21H20ClFN4O2S. The molecule has 0 saturated carbocycles. The normalized spacial score (nSPS) is 15.4. The molecule has 2 heterocycles. The van der Waals surface area contributed by atoms with E-state index in [-0.39, 0.29) is 16.2 Å². The number of amidine groups is 1. The van der Waals surface area contributed by atoms with Crippen LogP contribution in [-0.4, -0.2) is 48.8 Å². The van der Waals surface area contributed by atoms with Crippen molar-refractivity contribution in [3.05, 3.63) is 59.4 Å². The molecule has 9 heteroatoms. The monoisotopic (exact) mass is 446 g/mol. The fourth-order valence-corrected chi connectivity index (χ4v) is 4.75. The molecule has 4 rings (SSSR count). The minimum Gasteiger partial charge on any atom is -0.496 e. The van der Waals surface area contributed by atoms with Crippen LogP contribution in [0.5, 0.6) is 5.75 Å². The van der Waals surface area contributed by atoms with Crippen LogP contribution < -0.4 is 15.4 Å². The van der Waals surface area contributed by atoms with Crippen molar-refractivity contribution in [1.82, 2.24) is 4.90 Å². The van der Waals surface area contributed by atoms with Crippen molar-refractivity contribution in [2.45, 2.75) is 10.1 Å². The first-order chi connectivity index (χ1) is 14.5. The quantitative estimate of drug-likeness (QED) is 0.673. The molecule has 0 aromatic heterocycles. The van der Waals surface area contributed by atoms with Crippen LogP contribution in [0, 0.1) is 5.82 Å². The Labute approximate surface area is 183 Å². The number of hydrogen-bond donors (Lipinski definition) is 2. The summed E-state index contributed by atoms with van der Waals surface area (Å²) in [5.41, 5.74) is 2.41. The zero-order valence-electron chi connectivity index (χ0n) is 16.2. The maximum atomic E-state index is 13.5. The molecule has 0 radical (unpaired) electrons. The molecule has 30 heavy (non-hydrogen) atoms. The first-order valence-corrected chi connectivity index (χ1v) is 10.5. The summed E-state index contributed by atoms with van der Waals surface area (Å²) in [4.78, 5) is 18.9. The Morgan fingerprint density at radius 1 is 1.43 bits per heavy atom. The van der Waals surface area contributed by atoms with E-state index in [0.717, 1.165) is 21.9 Å². The highest BCUT2D eigenvalue weighted by Gasteiger charge is 2.31. The lowest BCUT2D eigenvalue weighted by Crippen LogP contribution is -2.51. The number of rotatable bonds is 5. The van der Waals surface area contributed by atoms with E-state index in [0.29, 0.717) is 31.3 Å². The predicted octanol–water partition coefficient (Wildman–Crippen LogP) is 4.22. The molecule has 0 bridgehead atoms. The average molecular weight is 447 g/mol. The highest BCUT2D eigenvalue weighted by Crippen LogP contribution is 2.40. The van der Waals surface area contributed by atoms with E-state index in [1.165, 1.54) is 18.2 Å². The van der Waals surface area contributed by atoms with Gasteiger partial charge in [-0.3, -0.25) is 4.79 Å². The van der Waals surface area contributed by atoms with Crippen LogP contribution in [0.3, 0.4) is 0 Å². The van der Waals surface area contributed by atoms with Gasteiger partial charge in [0, 0.05) is 35.7 Å². The molecule has 2 aromatic rings. The number of benzene rings is 2. The lowest BCUT2D eigenvalue weighted by Gasteiger charge is -2.38. The third-order valence-electron chi connectivity index (χ3n) is 4.88. The van der Waals surface area contributed by atoms with Gasteiger partial charge in [0.05, 0.1) is 22.7 Å². The third kappa shape index (κ3) is 4.11. The molecule has 0 spiro atoms. The van der Waals surface area contributed by atoms with Crippen LogP contribution in [-0.2, 0) is 4.79 Å². The maximum Gasteiger partial charge on any atom is 0.246 e. The molecule has 2 aromatic carbocycles. The number of aliphatic imine (C=N–C) groups is 1. The van der Waals surface area contributed by atoms with E-state index in [1.807, 2.05) is 12.1 Å². The Bertz CT molecular complexity index is 1040. The van der Waals surface area contributed by atoms with Crippen molar-refractivity contribution >= 4 is 46.5 Å². The largest absolute Gasteiger partial charge is 0.496 e. The molecule has 6 nitrogen and oxygen atoms in total. The number of ether oxygens (including phenoxy) is 1. The van der Waals surface area contributed by atoms with Gasteiger partial charge in [0.2, 0.25) is 5.91 Å². The molecule has 1 fully saturated rings. The zero-order valence-corrected chi connectivity index (χ0v) is 17.8. The van der Waals surface area contributed by atoms with Gasteiger partial charge in [0.25, 0.3) is 0 Å². The first kappa shape index (κ1) is 20.6. The minimum atomic E-state index is -0.470. The molecule has 2 aliphatic heterocycles. The Morgan fingerprint density at radius 3 is 2.93 bits per heavy atom. The maximum absolute atomic E-state index is 13.5. The van der Waals surface area contributed by atoms with Crippen LogP contribution in [0.1, 0.15) is 5.56 Å². The summed E-state index contributed by atoms with van der Waals surface area (Å²) in [7, 11) is 1.64. The van der Waals surface area contributed by atoms with Gasteiger partial charge in [0.15, 0.2) is 0 Å². The fraction of sp³-hybridized carbons (Fsp3) is 0.238. The van der Waals surface area contributed by atoms with Crippen molar-refractivity contribution in [2.24, 2.45) is 4.99 Å². The van der Waals surface area contributed by atoms with Gasteiger partial charge >= 0.3 is 0 Å². The van der Waals surface area contributed by atoms with Gasteiger partial charge in [-0.05, 0) is 30.3 Å². The first-order valence-electron chi connectivity index (χ1n) is 9.29. The Kier molecular flexibility index (Phi) is 5.87. The van der Waals surface area contributed by atoms with Gasteiger partial charge in [-0.1, -0.05) is 18.2 Å². The van der Waals surface area contributed by atoms with Gasteiger partial charge < -0.3 is 20.3 Å². The number of amides is 1. The second kappa shape index (κ2) is 8.57. The third-order valence-corrected chi connectivity index (χ3v) is 6.37. The van der Waals surface area contributed by atoms with E-state index in [2.05, 4.69) is 22.2 Å². The van der Waals surface area contributed by atoms with Crippen molar-refractivity contribution in [3.8, 4) is 5.75 Å². The number of halogens is 2. The van der Waals surface area contributed by atoms with E-state index in [9.17, 15) is 9.18 Å². The fourth-order valence-electron chi connectivity index (χ4n) is 3.26. The summed E-state index contributed by atoms with van der Waals surface area (Å²) in [6.07, 6.45) is 1.34. The van der Waals surface area contributed by atoms with Gasteiger partial charge in [-0.25, -0.2) is 9.38 Å². The molecule has 2 N–H and O–H groups in total. The molecule has 1 amide bonds. The lowest BCUT2D eigenvalue weighted by molar-refractivity contribution is -0.128. The average Bonchev–Trinajstić information content (AvgIpc) is 2.72. The molecule has 2 aliphatic rings. The SMILES string of the molecule is C=CC(=O)N1CC(Sc2cc3c(cc2OC)NCN=C3Nc2ccc(F)c(Cl)c2)C1. The predicted molar refractivity (Wildman–Crippen MR) is 119 cm³/mol. The second-order valence-corrected chi connectivity index (χ2v) is 8.58. The van der Waals surface area contributed by atoms with Crippen LogP contribution in [0.25, 0.3) is 0 Å². The second-order valence-electron chi connectivity index (χ2n) is 6.83. The number of carbonyl (C=O) groups is 1. The smallest absolute Gasteiger partial charge is 0.246 e. The summed E-state index contributed by atoms with van der Waals surface area (Å²) < 4.78 is 19.0. The van der Waals surface area contributed by atoms with Crippen LogP contribution >= 0.6 is 23.4 Å². The number of nitrogens with zero attached hydrogens (tertiary/aromatic N) is 2. The van der Waals surface area contributed by atoms with Crippen LogP contribution in [0.15, 0.2) is 52.9 Å². The lowest BCUT2D eigenvalue weighted by atomic mass is 10.1. The number of methoxy groups -OCH3 is 1. The summed E-state index contributed by atoms with van der Waals surface area (Å²) in [5, 5.41) is 6.80. The number of nitrogens with one attached hydrogen (secondary N) is 2. The van der Waals surface area contributed by atoms with Gasteiger partial charge in [-0.2, -0.15) is 0 Å². The van der Waals surface area contributed by atoms with Gasteiger partial charge in [-0.15, -0.1) is 11.8 Å². The number of hydrogen-bond acceptors (Lipinski definition) is 6. The van der Waals surface area contributed by atoms with Crippen molar-refractivity contribution < 1.29 is 13.9 Å². The molecular weight excluding hydrogens is 427 g/mol. The Balaban J connectivity index is 1.56. The van der Waals surface area contributed by atoms with Crippen molar-refractivity contribution in [1.29, 1.82) is 0 Å². The van der Waals surface area contributed by atoms with E-state index >= 15 is 0 Å². The summed E-state index contributed by atoms with van der Waals surface area (Å²) in [6, 6.07) is 8.41. The summed E-state index contributed by atoms with van der Waals surface area (Å²) in [6.45, 7) is 5.27. The molecule has 156 valence electrons. The number of fused-ring (bicyclic) bond motifs is 1. The number of likely N-dealkylation sites (tertiary alicyclic amines) is 1. The topological polar surface area (TPSA) is 66.0 Å². The summed E-state index contributed by atoms with van der Waals surface area (Å²) in [5.74, 6) is 0.895. The number of thioether (sulfide) groups is 1. The number of anilines is 2. The van der Waals surface area contributed by atoms with E-state index in [4.69, 9.17) is 16.3 Å². The standard InChI is InChI=1S/C21H20ClFN4O2S/c1-3-20(28)27-9-13(10-27)30-19-7-14-17(8-18(19)29-2)24-11-25-21(14)26-12-4-5-16(23)15(22)6-12/h3-8,13,24H,1,9-11H2,2H3,(H,25,26). The Hall–Kier alpha value is -2.71. The highest BCUT2D eigenvalue weighted by molar-refractivity contribution is 8.00. The van der Waals surface area contributed by atoms with E-state index in [1.54, 1.807) is 29.8 Å². The molecule has 0 atom stereocenters. The van der Waals surface area contributed by atoms with Crippen molar-refractivity contribution in [2.75, 3.05) is 37.5 Å². The highest BCUT2D eigenvalue weighted by atomic mass is 35.5. The van der Waals surface area contributed by atoms with Crippen LogP contribution in [0.2, 0.25) is 5.02 Å².